The maximum atomic E-state index is 12.6. The Kier molecular flexibility index (Phi) is 9.44. The molecular weight excluding hydrogens is 470 g/mol. The first-order valence-corrected chi connectivity index (χ1v) is 13.5. The standard InChI is InChI=1S/C25H34ClN5O2S/c1-30(21-8-3-2-4-9-21)23-17-22(26)28-25(29-23)34-18-19-6-5-7-20(16-19)24(32)27-10-11-31-12-14-33-15-13-31/h5-7,16-17,21H,2-4,8-15,18H2,1H3,(H,27,32). The Hall–Kier alpha value is -1.87. The summed E-state index contributed by atoms with van der Waals surface area (Å²) in [5, 5.41) is 4.15. The van der Waals surface area contributed by atoms with Gasteiger partial charge in [-0.15, -0.1) is 0 Å². The summed E-state index contributed by atoms with van der Waals surface area (Å²) in [4.78, 5) is 26.4. The number of nitrogens with one attached hydrogen (secondary N) is 1. The van der Waals surface area contributed by atoms with Crippen molar-refractivity contribution in [3.05, 3.63) is 46.6 Å². The van der Waals surface area contributed by atoms with Gasteiger partial charge in [-0.1, -0.05) is 54.8 Å². The lowest BCUT2D eigenvalue weighted by molar-refractivity contribution is 0.0383. The number of carbonyl (C=O) groups is 1. The van der Waals surface area contributed by atoms with Crippen LogP contribution in [0.2, 0.25) is 5.15 Å². The fraction of sp³-hybridized carbons (Fsp3) is 0.560. The first-order valence-electron chi connectivity index (χ1n) is 12.2. The SMILES string of the molecule is CN(c1cc(Cl)nc(SCc2cccc(C(=O)NCCN3CCOCC3)c2)n1)C1CCCCC1. The second-order valence-electron chi connectivity index (χ2n) is 8.93. The molecule has 0 bridgehead atoms. The average Bonchev–Trinajstić information content (AvgIpc) is 2.88. The van der Waals surface area contributed by atoms with Gasteiger partial charge in [0.1, 0.15) is 11.0 Å². The lowest BCUT2D eigenvalue weighted by atomic mass is 9.94. The van der Waals surface area contributed by atoms with Gasteiger partial charge in [-0.2, -0.15) is 0 Å². The zero-order valence-corrected chi connectivity index (χ0v) is 21.4. The maximum absolute atomic E-state index is 12.6. The average molecular weight is 504 g/mol. The largest absolute Gasteiger partial charge is 0.379 e. The minimum Gasteiger partial charge on any atom is -0.379 e. The van der Waals surface area contributed by atoms with Crippen molar-refractivity contribution in [3.63, 3.8) is 0 Å². The summed E-state index contributed by atoms with van der Waals surface area (Å²) in [5.41, 5.74) is 1.72. The zero-order valence-electron chi connectivity index (χ0n) is 19.8. The smallest absolute Gasteiger partial charge is 0.251 e. The number of aromatic nitrogens is 2. The number of anilines is 1. The van der Waals surface area contributed by atoms with E-state index in [-0.39, 0.29) is 5.91 Å². The van der Waals surface area contributed by atoms with Gasteiger partial charge in [0.25, 0.3) is 5.91 Å². The van der Waals surface area contributed by atoms with E-state index >= 15 is 0 Å². The molecular formula is C25H34ClN5O2S. The van der Waals surface area contributed by atoms with Crippen molar-refractivity contribution in [2.24, 2.45) is 0 Å². The van der Waals surface area contributed by atoms with Gasteiger partial charge < -0.3 is 15.0 Å². The van der Waals surface area contributed by atoms with E-state index in [0.717, 1.165) is 44.2 Å². The predicted octanol–water partition coefficient (Wildman–Crippen LogP) is 4.25. The maximum Gasteiger partial charge on any atom is 0.251 e. The van der Waals surface area contributed by atoms with Gasteiger partial charge in [0.15, 0.2) is 5.16 Å². The summed E-state index contributed by atoms with van der Waals surface area (Å²) in [6, 6.07) is 10.1. The number of nitrogens with zero attached hydrogens (tertiary/aromatic N) is 4. The summed E-state index contributed by atoms with van der Waals surface area (Å²) >= 11 is 7.87. The minimum atomic E-state index is -0.0458. The molecule has 0 unspecified atom stereocenters. The van der Waals surface area contributed by atoms with E-state index < -0.39 is 0 Å². The van der Waals surface area contributed by atoms with E-state index in [1.807, 2.05) is 30.3 Å². The summed E-state index contributed by atoms with van der Waals surface area (Å²) < 4.78 is 5.37. The predicted molar refractivity (Wildman–Crippen MR) is 138 cm³/mol. The van der Waals surface area contributed by atoms with Gasteiger partial charge in [-0.3, -0.25) is 9.69 Å². The molecule has 1 aromatic carbocycles. The summed E-state index contributed by atoms with van der Waals surface area (Å²) in [7, 11) is 2.10. The molecule has 1 aromatic heterocycles. The third-order valence-corrected chi connectivity index (χ3v) is 7.63. The minimum absolute atomic E-state index is 0.0458. The lowest BCUT2D eigenvalue weighted by Gasteiger charge is -2.32. The van der Waals surface area contributed by atoms with E-state index in [4.69, 9.17) is 21.3 Å². The van der Waals surface area contributed by atoms with Crippen LogP contribution >= 0.6 is 23.4 Å². The van der Waals surface area contributed by atoms with E-state index in [2.05, 4.69) is 27.1 Å². The molecule has 9 heteroatoms. The number of hydrogen-bond acceptors (Lipinski definition) is 7. The van der Waals surface area contributed by atoms with Crippen LogP contribution in [0, 0.1) is 0 Å². The van der Waals surface area contributed by atoms with E-state index in [1.165, 1.54) is 43.9 Å². The quantitative estimate of drug-likeness (QED) is 0.311. The second kappa shape index (κ2) is 12.7. The van der Waals surface area contributed by atoms with Crippen molar-refractivity contribution in [2.75, 3.05) is 51.3 Å². The normalized spacial score (nSPS) is 17.5. The van der Waals surface area contributed by atoms with Crippen LogP contribution in [0.25, 0.3) is 0 Å². The number of morpholine rings is 1. The lowest BCUT2D eigenvalue weighted by Crippen LogP contribution is -2.41. The Labute approximate surface area is 211 Å². The molecule has 0 radical (unpaired) electrons. The molecule has 2 heterocycles. The van der Waals surface area contributed by atoms with Gasteiger partial charge >= 0.3 is 0 Å². The van der Waals surface area contributed by atoms with E-state index in [1.54, 1.807) is 0 Å². The van der Waals surface area contributed by atoms with Crippen LogP contribution in [0.5, 0.6) is 0 Å². The number of thioether (sulfide) groups is 1. The number of benzene rings is 1. The van der Waals surface area contributed by atoms with Crippen LogP contribution < -0.4 is 10.2 Å². The van der Waals surface area contributed by atoms with Crippen molar-refractivity contribution < 1.29 is 9.53 Å². The molecule has 4 rings (SSSR count). The summed E-state index contributed by atoms with van der Waals surface area (Å²) in [6.07, 6.45) is 6.25. The van der Waals surface area contributed by atoms with Gasteiger partial charge in [-0.05, 0) is 30.5 Å². The number of hydrogen-bond donors (Lipinski definition) is 1. The third-order valence-electron chi connectivity index (χ3n) is 6.52. The van der Waals surface area contributed by atoms with E-state index in [9.17, 15) is 4.79 Å². The monoisotopic (exact) mass is 503 g/mol. The molecule has 1 aliphatic heterocycles. The molecule has 0 atom stereocenters. The summed E-state index contributed by atoms with van der Waals surface area (Å²) in [6.45, 7) is 4.85. The topological polar surface area (TPSA) is 70.6 Å². The van der Waals surface area contributed by atoms with Gasteiger partial charge in [0, 0.05) is 56.7 Å². The molecule has 2 aromatic rings. The highest BCUT2D eigenvalue weighted by Gasteiger charge is 2.20. The molecule has 1 amide bonds. The third kappa shape index (κ3) is 7.31. The number of halogens is 1. The first kappa shape index (κ1) is 25.2. The Morgan fingerprint density at radius 1 is 1.21 bits per heavy atom. The second-order valence-corrected chi connectivity index (χ2v) is 10.3. The Balaban J connectivity index is 1.31. The Morgan fingerprint density at radius 3 is 2.79 bits per heavy atom. The van der Waals surface area contributed by atoms with Crippen molar-refractivity contribution >= 4 is 35.1 Å². The van der Waals surface area contributed by atoms with Crippen LogP contribution in [0.3, 0.4) is 0 Å². The summed E-state index contributed by atoms with van der Waals surface area (Å²) in [5.74, 6) is 1.50. The van der Waals surface area contributed by atoms with Crippen LogP contribution in [-0.4, -0.2) is 73.3 Å². The van der Waals surface area contributed by atoms with E-state index in [0.29, 0.717) is 34.2 Å². The first-order chi connectivity index (χ1) is 16.6. The zero-order chi connectivity index (χ0) is 23.8. The highest BCUT2D eigenvalue weighted by Crippen LogP contribution is 2.29. The fourth-order valence-electron chi connectivity index (χ4n) is 4.49. The molecule has 2 aliphatic rings. The van der Waals surface area contributed by atoms with Crippen LogP contribution in [0.1, 0.15) is 48.0 Å². The Morgan fingerprint density at radius 2 is 2.00 bits per heavy atom. The van der Waals surface area contributed by atoms with Crippen LogP contribution in [-0.2, 0) is 10.5 Å². The molecule has 34 heavy (non-hydrogen) atoms. The van der Waals surface area contributed by atoms with Crippen LogP contribution in [0.4, 0.5) is 5.82 Å². The van der Waals surface area contributed by atoms with Gasteiger partial charge in [-0.25, -0.2) is 9.97 Å². The molecule has 1 aliphatic carbocycles. The van der Waals surface area contributed by atoms with Crippen molar-refractivity contribution in [1.29, 1.82) is 0 Å². The molecule has 184 valence electrons. The molecule has 1 N–H and O–H groups in total. The fourth-order valence-corrected chi connectivity index (χ4v) is 5.51. The van der Waals surface area contributed by atoms with Gasteiger partial charge in [0.2, 0.25) is 0 Å². The highest BCUT2D eigenvalue weighted by molar-refractivity contribution is 7.98. The van der Waals surface area contributed by atoms with Crippen molar-refractivity contribution in [1.82, 2.24) is 20.2 Å². The molecule has 7 nitrogen and oxygen atoms in total. The number of rotatable bonds is 9. The van der Waals surface area contributed by atoms with Crippen molar-refractivity contribution in [2.45, 2.75) is 49.1 Å². The number of amides is 1. The Bertz CT molecular complexity index is 951. The molecule has 1 saturated carbocycles. The molecule has 2 fully saturated rings. The molecule has 1 saturated heterocycles. The van der Waals surface area contributed by atoms with Crippen LogP contribution in [0.15, 0.2) is 35.5 Å². The number of ether oxygens (including phenoxy) is 1. The molecule has 0 spiro atoms. The highest BCUT2D eigenvalue weighted by atomic mass is 35.5. The van der Waals surface area contributed by atoms with Crippen molar-refractivity contribution in [3.8, 4) is 0 Å². The number of carbonyl (C=O) groups excluding carboxylic acids is 1. The van der Waals surface area contributed by atoms with Gasteiger partial charge in [0.05, 0.1) is 13.2 Å².